The zero-order chi connectivity index (χ0) is 20.1. The first-order valence-electron chi connectivity index (χ1n) is 9.36. The third-order valence-corrected chi connectivity index (χ3v) is 9.96. The third kappa shape index (κ3) is 5.06. The normalized spacial score (nSPS) is 14.6. The fourth-order valence-corrected chi connectivity index (χ4v) is 7.60. The topological polar surface area (TPSA) is 77.8 Å². The van der Waals surface area contributed by atoms with Crippen LogP contribution in [0.15, 0.2) is 60.7 Å². The van der Waals surface area contributed by atoms with Crippen molar-refractivity contribution in [1.82, 2.24) is 0 Å². The number of benzene rings is 2. The maximum Gasteiger partial charge on any atom is 0.306 e. The minimum absolute atomic E-state index is 0.271. The number of carbonyl (C=O) groups is 1. The first-order valence-corrected chi connectivity index (χ1v) is 11.3. The van der Waals surface area contributed by atoms with Crippen LogP contribution in [-0.2, 0) is 4.79 Å². The van der Waals surface area contributed by atoms with Gasteiger partial charge >= 0.3 is 5.97 Å². The number of carboxylic acids is 1. The quantitative estimate of drug-likeness (QED) is 0.579. The number of rotatable bonds is 9. The van der Waals surface area contributed by atoms with Crippen LogP contribution in [0.2, 0.25) is 5.04 Å². The summed E-state index contributed by atoms with van der Waals surface area (Å²) >= 11 is 0. The Labute approximate surface area is 162 Å². The van der Waals surface area contributed by atoms with Crippen molar-refractivity contribution in [3.8, 4) is 0 Å². The molecule has 1 unspecified atom stereocenters. The molecule has 0 saturated carbocycles. The Kier molecular flexibility index (Phi) is 6.62. The van der Waals surface area contributed by atoms with Gasteiger partial charge in [0.1, 0.15) is 0 Å². The summed E-state index contributed by atoms with van der Waals surface area (Å²) in [6.07, 6.45) is 1.45. The van der Waals surface area contributed by atoms with E-state index in [0.29, 0.717) is 19.3 Å². The highest BCUT2D eigenvalue weighted by atomic mass is 28.4. The second kappa shape index (κ2) is 8.38. The Morgan fingerprint density at radius 3 is 1.74 bits per heavy atom. The van der Waals surface area contributed by atoms with E-state index in [9.17, 15) is 14.7 Å². The van der Waals surface area contributed by atoms with Crippen LogP contribution in [0.3, 0.4) is 0 Å². The lowest BCUT2D eigenvalue weighted by Gasteiger charge is -2.41. The predicted molar refractivity (Wildman–Crippen MR) is 111 cm³/mol. The van der Waals surface area contributed by atoms with Crippen LogP contribution >= 0.6 is 0 Å². The van der Waals surface area contributed by atoms with Gasteiger partial charge in [0.25, 0.3) is 8.32 Å². The molecule has 27 heavy (non-hydrogen) atoms. The van der Waals surface area contributed by atoms with E-state index in [0.717, 1.165) is 10.4 Å². The molecule has 2 rings (SSSR count). The summed E-state index contributed by atoms with van der Waals surface area (Å²) in [6, 6.07) is 19.6. The first-order chi connectivity index (χ1) is 12.6. The molecule has 0 fully saturated rings. The molecule has 0 radical (unpaired) electrons. The smallest absolute Gasteiger partial charge is 0.306 e. The zero-order valence-electron chi connectivity index (χ0n) is 16.4. The molecule has 5 heteroatoms. The van der Waals surface area contributed by atoms with Crippen LogP contribution in [0.4, 0.5) is 0 Å². The van der Waals surface area contributed by atoms with Gasteiger partial charge in [0, 0.05) is 0 Å². The molecule has 0 saturated heterocycles. The number of carboxylic acid groups (broad SMARTS) is 1. The van der Waals surface area contributed by atoms with E-state index in [2.05, 4.69) is 13.8 Å². The Hall–Kier alpha value is -1.95. The lowest BCUT2D eigenvalue weighted by molar-refractivity contribution is -0.142. The molecule has 0 heterocycles. The number of hydrogen-bond donors (Lipinski definition) is 3. The molecule has 0 amide bonds. The monoisotopic (exact) mass is 386 g/mol. The third-order valence-electron chi connectivity index (χ3n) is 5.41. The van der Waals surface area contributed by atoms with Gasteiger partial charge in [-0.25, -0.2) is 0 Å². The van der Waals surface area contributed by atoms with Crippen molar-refractivity contribution in [2.75, 3.05) is 0 Å². The van der Waals surface area contributed by atoms with E-state index in [1.807, 2.05) is 60.7 Å². The number of aliphatic carboxylic acids is 1. The molecule has 2 aromatic rings. The summed E-state index contributed by atoms with van der Waals surface area (Å²) < 4.78 is 0. The molecule has 0 spiro atoms. The first kappa shape index (κ1) is 21.3. The SMILES string of the molecule is CC(O)(CCCC(C)(C)[Si](O)(c1ccccc1)c1ccccc1)CC(=O)O. The fraction of sp³-hybridized carbons (Fsp3) is 0.409. The summed E-state index contributed by atoms with van der Waals surface area (Å²) in [5.74, 6) is -1.00. The Bertz CT molecular complexity index is 702. The van der Waals surface area contributed by atoms with Crippen LogP contribution in [-0.4, -0.2) is 34.9 Å². The van der Waals surface area contributed by atoms with Crippen molar-refractivity contribution in [3.05, 3.63) is 60.7 Å². The fourth-order valence-electron chi connectivity index (χ4n) is 3.81. The van der Waals surface area contributed by atoms with Gasteiger partial charge in [-0.05, 0) is 35.2 Å². The summed E-state index contributed by atoms with van der Waals surface area (Å²) in [7, 11) is -3.06. The zero-order valence-corrected chi connectivity index (χ0v) is 17.4. The van der Waals surface area contributed by atoms with Crippen LogP contribution in [0.1, 0.15) is 46.5 Å². The summed E-state index contributed by atoms with van der Waals surface area (Å²) in [5.41, 5.74) is -1.24. The Morgan fingerprint density at radius 1 is 0.889 bits per heavy atom. The molecule has 0 aliphatic heterocycles. The summed E-state index contributed by atoms with van der Waals surface area (Å²) in [5, 5.41) is 20.7. The van der Waals surface area contributed by atoms with Crippen molar-refractivity contribution < 1.29 is 19.8 Å². The van der Waals surface area contributed by atoms with E-state index in [1.165, 1.54) is 0 Å². The molecular weight excluding hydrogens is 356 g/mol. The van der Waals surface area contributed by atoms with E-state index in [-0.39, 0.29) is 6.42 Å². The molecule has 0 aromatic heterocycles. The molecule has 1 atom stereocenters. The maximum atomic E-state index is 12.0. The lowest BCUT2D eigenvalue weighted by atomic mass is 9.93. The maximum absolute atomic E-state index is 12.0. The van der Waals surface area contributed by atoms with Crippen molar-refractivity contribution in [2.45, 2.75) is 57.1 Å². The van der Waals surface area contributed by atoms with E-state index >= 15 is 0 Å². The summed E-state index contributed by atoms with van der Waals surface area (Å²) in [6.45, 7) is 5.71. The molecule has 0 bridgehead atoms. The predicted octanol–water partition coefficient (Wildman–Crippen LogP) is 2.91. The highest BCUT2D eigenvalue weighted by Crippen LogP contribution is 2.40. The second-order valence-corrected chi connectivity index (χ2v) is 12.2. The molecule has 0 aliphatic carbocycles. The van der Waals surface area contributed by atoms with Crippen molar-refractivity contribution in [3.63, 3.8) is 0 Å². The van der Waals surface area contributed by atoms with Gasteiger partial charge in [-0.3, -0.25) is 4.79 Å². The van der Waals surface area contributed by atoms with Crippen molar-refractivity contribution >= 4 is 24.7 Å². The largest absolute Gasteiger partial charge is 0.481 e. The average Bonchev–Trinajstić information content (AvgIpc) is 2.61. The van der Waals surface area contributed by atoms with Crippen molar-refractivity contribution in [1.29, 1.82) is 0 Å². The van der Waals surface area contributed by atoms with Crippen LogP contribution in [0, 0.1) is 0 Å². The molecular formula is C22H30O4Si. The minimum Gasteiger partial charge on any atom is -0.481 e. The Balaban J connectivity index is 2.28. The van der Waals surface area contributed by atoms with Crippen molar-refractivity contribution in [2.24, 2.45) is 0 Å². The molecule has 146 valence electrons. The molecule has 2 aromatic carbocycles. The van der Waals surface area contributed by atoms with Gasteiger partial charge in [0.2, 0.25) is 0 Å². The standard InChI is InChI=1S/C22H30O4Si/c1-21(2,15-10-16-22(3,25)17-20(23)24)27(26,18-11-6-4-7-12-18)19-13-8-5-9-14-19/h4-9,11-14,25-26H,10,15-17H2,1-3H3,(H,23,24). The van der Waals surface area contributed by atoms with E-state index < -0.39 is 24.9 Å². The highest BCUT2D eigenvalue weighted by Gasteiger charge is 2.49. The molecule has 3 N–H and O–H groups in total. The van der Waals surface area contributed by atoms with E-state index in [1.54, 1.807) is 6.92 Å². The second-order valence-electron chi connectivity index (χ2n) is 8.25. The molecule has 4 nitrogen and oxygen atoms in total. The number of hydrogen-bond acceptors (Lipinski definition) is 3. The van der Waals surface area contributed by atoms with Gasteiger partial charge < -0.3 is 15.0 Å². The Morgan fingerprint density at radius 2 is 1.33 bits per heavy atom. The number of aliphatic hydroxyl groups is 1. The lowest BCUT2D eigenvalue weighted by Crippen LogP contribution is -2.65. The van der Waals surface area contributed by atoms with Gasteiger partial charge in [0.15, 0.2) is 0 Å². The van der Waals surface area contributed by atoms with Gasteiger partial charge in [-0.15, -0.1) is 0 Å². The highest BCUT2D eigenvalue weighted by molar-refractivity contribution is 6.98. The van der Waals surface area contributed by atoms with Crippen LogP contribution in [0.5, 0.6) is 0 Å². The molecule has 0 aliphatic rings. The van der Waals surface area contributed by atoms with Gasteiger partial charge in [-0.1, -0.05) is 80.9 Å². The van der Waals surface area contributed by atoms with Crippen LogP contribution in [0.25, 0.3) is 0 Å². The summed E-state index contributed by atoms with van der Waals surface area (Å²) in [4.78, 5) is 22.9. The van der Waals surface area contributed by atoms with Gasteiger partial charge in [-0.2, -0.15) is 0 Å². The van der Waals surface area contributed by atoms with Crippen LogP contribution < -0.4 is 10.4 Å². The minimum atomic E-state index is -3.06. The van der Waals surface area contributed by atoms with Gasteiger partial charge in [0.05, 0.1) is 12.0 Å². The van der Waals surface area contributed by atoms with E-state index in [4.69, 9.17) is 5.11 Å². The average molecular weight is 387 g/mol.